The summed E-state index contributed by atoms with van der Waals surface area (Å²) >= 11 is 0. The summed E-state index contributed by atoms with van der Waals surface area (Å²) in [4.78, 5) is 10.2. The zero-order chi connectivity index (χ0) is 7.56. The van der Waals surface area contributed by atoms with Crippen molar-refractivity contribution in [3.05, 3.63) is 11.8 Å². The molecule has 10 heavy (non-hydrogen) atoms. The van der Waals surface area contributed by atoms with Gasteiger partial charge in [-0.1, -0.05) is 5.16 Å². The van der Waals surface area contributed by atoms with Crippen LogP contribution >= 0.6 is 0 Å². The Hall–Kier alpha value is -1.52. The molecule has 5 heteroatoms. The molecular formula is C5H6N2O3. The Morgan fingerprint density at radius 1 is 1.90 bits per heavy atom. The molecule has 1 heterocycles. The lowest BCUT2D eigenvalue weighted by molar-refractivity contribution is -0.117. The molecular weight excluding hydrogens is 136 g/mol. The maximum Gasteiger partial charge on any atom is 0.308 e. The van der Waals surface area contributed by atoms with Crippen LogP contribution in [0.5, 0.6) is 5.95 Å². The Bertz CT molecular complexity index is 243. The van der Waals surface area contributed by atoms with E-state index in [1.165, 1.54) is 6.07 Å². The molecule has 0 spiro atoms. The number of aromatic nitrogens is 1. The highest BCUT2D eigenvalue weighted by Crippen LogP contribution is 2.09. The summed E-state index contributed by atoms with van der Waals surface area (Å²) in [6.45, 7) is 0. The Balaban J connectivity index is 2.67. The number of hydrogen-bond donors (Lipinski definition) is 2. The first-order valence-electron chi connectivity index (χ1n) is 2.61. The molecule has 0 atom stereocenters. The summed E-state index contributed by atoms with van der Waals surface area (Å²) in [7, 11) is 0. The summed E-state index contributed by atoms with van der Waals surface area (Å²) in [5.74, 6) is -0.815. The molecule has 1 aromatic heterocycles. The summed E-state index contributed by atoms with van der Waals surface area (Å²) in [5.41, 5.74) is 5.17. The van der Waals surface area contributed by atoms with Gasteiger partial charge in [-0.25, -0.2) is 0 Å². The molecule has 0 radical (unpaired) electrons. The van der Waals surface area contributed by atoms with Gasteiger partial charge in [-0.15, -0.1) is 0 Å². The minimum Gasteiger partial charge on any atom is -0.479 e. The third-order valence-electron chi connectivity index (χ3n) is 0.902. The van der Waals surface area contributed by atoms with Gasteiger partial charge in [0.15, 0.2) is 0 Å². The maximum atomic E-state index is 10.2. The monoisotopic (exact) mass is 142 g/mol. The van der Waals surface area contributed by atoms with Crippen molar-refractivity contribution >= 4 is 5.91 Å². The second kappa shape index (κ2) is 2.38. The van der Waals surface area contributed by atoms with Crippen molar-refractivity contribution in [3.63, 3.8) is 0 Å². The van der Waals surface area contributed by atoms with Crippen molar-refractivity contribution in [1.29, 1.82) is 0 Å². The maximum absolute atomic E-state index is 10.2. The molecule has 0 fully saturated rings. The van der Waals surface area contributed by atoms with E-state index in [0.29, 0.717) is 5.69 Å². The van der Waals surface area contributed by atoms with E-state index >= 15 is 0 Å². The predicted molar refractivity (Wildman–Crippen MR) is 31.1 cm³/mol. The first-order chi connectivity index (χ1) is 4.68. The molecule has 0 unspecified atom stereocenters. The number of primary amides is 1. The predicted octanol–water partition coefficient (Wildman–Crippen LogP) is -0.592. The van der Waals surface area contributed by atoms with E-state index in [9.17, 15) is 4.79 Å². The number of aromatic hydroxyl groups is 1. The van der Waals surface area contributed by atoms with Crippen LogP contribution in [0.15, 0.2) is 10.6 Å². The number of carbonyl (C=O) groups is 1. The average molecular weight is 142 g/mol. The Morgan fingerprint density at radius 3 is 3.00 bits per heavy atom. The molecule has 1 rings (SSSR count). The van der Waals surface area contributed by atoms with Gasteiger partial charge in [0, 0.05) is 6.07 Å². The van der Waals surface area contributed by atoms with Crippen LogP contribution < -0.4 is 5.73 Å². The highest BCUT2D eigenvalue weighted by atomic mass is 16.5. The molecule has 0 aliphatic rings. The van der Waals surface area contributed by atoms with E-state index in [1.54, 1.807) is 0 Å². The van der Waals surface area contributed by atoms with E-state index in [-0.39, 0.29) is 12.4 Å². The highest BCUT2D eigenvalue weighted by molar-refractivity contribution is 5.76. The van der Waals surface area contributed by atoms with Crippen molar-refractivity contribution in [2.24, 2.45) is 5.73 Å². The summed E-state index contributed by atoms with van der Waals surface area (Å²) < 4.78 is 4.26. The molecule has 1 aromatic rings. The third-order valence-corrected chi connectivity index (χ3v) is 0.902. The molecule has 1 amide bonds. The van der Waals surface area contributed by atoms with Gasteiger partial charge in [0.25, 0.3) is 0 Å². The fraction of sp³-hybridized carbons (Fsp3) is 0.200. The van der Waals surface area contributed by atoms with Gasteiger partial charge in [0.05, 0.1) is 12.1 Å². The Morgan fingerprint density at radius 2 is 2.60 bits per heavy atom. The largest absolute Gasteiger partial charge is 0.479 e. The van der Waals surface area contributed by atoms with Gasteiger partial charge in [0.1, 0.15) is 0 Å². The van der Waals surface area contributed by atoms with Gasteiger partial charge in [0.2, 0.25) is 5.91 Å². The van der Waals surface area contributed by atoms with Crippen LogP contribution in [0.3, 0.4) is 0 Å². The summed E-state index contributed by atoms with van der Waals surface area (Å²) in [5, 5.41) is 11.9. The van der Waals surface area contributed by atoms with Gasteiger partial charge >= 0.3 is 5.95 Å². The number of rotatable bonds is 2. The minimum atomic E-state index is -0.506. The molecule has 0 aliphatic carbocycles. The number of carbonyl (C=O) groups excluding carboxylic acids is 1. The van der Waals surface area contributed by atoms with Crippen molar-refractivity contribution in [2.75, 3.05) is 0 Å². The van der Waals surface area contributed by atoms with Gasteiger partial charge in [-0.05, 0) is 0 Å². The van der Waals surface area contributed by atoms with Gasteiger partial charge in [-0.3, -0.25) is 4.79 Å². The first-order valence-corrected chi connectivity index (χ1v) is 2.61. The van der Waals surface area contributed by atoms with Crippen LogP contribution in [0.2, 0.25) is 0 Å². The van der Waals surface area contributed by atoms with E-state index < -0.39 is 5.91 Å². The van der Waals surface area contributed by atoms with Gasteiger partial charge < -0.3 is 15.4 Å². The smallest absolute Gasteiger partial charge is 0.308 e. The molecule has 0 aliphatic heterocycles. The number of amides is 1. The van der Waals surface area contributed by atoms with Crippen LogP contribution in [0, 0.1) is 0 Å². The zero-order valence-electron chi connectivity index (χ0n) is 5.07. The Kier molecular flexibility index (Phi) is 1.57. The molecule has 54 valence electrons. The van der Waals surface area contributed by atoms with Crippen LogP contribution in [0.4, 0.5) is 0 Å². The van der Waals surface area contributed by atoms with Crippen LogP contribution in [0.25, 0.3) is 0 Å². The lowest BCUT2D eigenvalue weighted by atomic mass is 10.3. The van der Waals surface area contributed by atoms with Crippen LogP contribution in [0.1, 0.15) is 5.69 Å². The average Bonchev–Trinajstić information content (AvgIpc) is 2.13. The van der Waals surface area contributed by atoms with Crippen LogP contribution in [-0.4, -0.2) is 16.2 Å². The lowest BCUT2D eigenvalue weighted by Gasteiger charge is -1.83. The van der Waals surface area contributed by atoms with Crippen molar-refractivity contribution in [2.45, 2.75) is 6.42 Å². The third kappa shape index (κ3) is 1.48. The molecule has 0 saturated heterocycles. The lowest BCUT2D eigenvalue weighted by Crippen LogP contribution is -2.13. The fourth-order valence-electron chi connectivity index (χ4n) is 0.562. The van der Waals surface area contributed by atoms with E-state index in [2.05, 4.69) is 9.68 Å². The number of nitrogens with two attached hydrogens (primary N) is 1. The van der Waals surface area contributed by atoms with Crippen molar-refractivity contribution in [3.8, 4) is 5.95 Å². The topological polar surface area (TPSA) is 89.4 Å². The SMILES string of the molecule is NC(=O)Cc1cc(O)on1. The molecule has 5 nitrogen and oxygen atoms in total. The Labute approximate surface area is 56.4 Å². The zero-order valence-corrected chi connectivity index (χ0v) is 5.07. The highest BCUT2D eigenvalue weighted by Gasteiger charge is 2.03. The minimum absolute atomic E-state index is 0.00986. The number of hydrogen-bond acceptors (Lipinski definition) is 4. The molecule has 3 N–H and O–H groups in total. The second-order valence-corrected chi connectivity index (χ2v) is 1.80. The van der Waals surface area contributed by atoms with E-state index in [1.807, 2.05) is 0 Å². The first kappa shape index (κ1) is 6.60. The normalized spacial score (nSPS) is 9.60. The quantitative estimate of drug-likeness (QED) is 0.577. The standard InChI is InChI=1S/C5H6N2O3/c6-4(8)1-3-2-5(9)10-7-3/h2,9H,1H2,(H2,6,8). The number of nitrogens with zero attached hydrogens (tertiary/aromatic N) is 1. The van der Waals surface area contributed by atoms with Crippen molar-refractivity contribution in [1.82, 2.24) is 5.16 Å². The fourth-order valence-corrected chi connectivity index (χ4v) is 0.562. The summed E-state index contributed by atoms with van der Waals surface area (Å²) in [6, 6.07) is 1.24. The second-order valence-electron chi connectivity index (χ2n) is 1.80. The van der Waals surface area contributed by atoms with Crippen molar-refractivity contribution < 1.29 is 14.4 Å². The molecule has 0 aromatic carbocycles. The van der Waals surface area contributed by atoms with E-state index in [0.717, 1.165) is 0 Å². The molecule has 0 saturated carbocycles. The van der Waals surface area contributed by atoms with Crippen LogP contribution in [-0.2, 0) is 11.2 Å². The van der Waals surface area contributed by atoms with Gasteiger partial charge in [-0.2, -0.15) is 0 Å². The summed E-state index contributed by atoms with van der Waals surface area (Å²) in [6.07, 6.45) is -0.00986. The van der Waals surface area contributed by atoms with E-state index in [4.69, 9.17) is 10.8 Å². The molecule has 0 bridgehead atoms.